The molecular weight excluding hydrogens is 281 g/mol. The van der Waals surface area contributed by atoms with Gasteiger partial charge >= 0.3 is 0 Å². The summed E-state index contributed by atoms with van der Waals surface area (Å²) in [7, 11) is -3.61. The lowest BCUT2D eigenvalue weighted by molar-refractivity contribution is 0.334. The SMILES string of the molecule is Nc1cc(S(=O)(=O)NCCCN2CCCC2)ccc1F. The normalized spacial score (nSPS) is 16.6. The van der Waals surface area contributed by atoms with Gasteiger partial charge in [0.1, 0.15) is 5.82 Å². The number of nitrogens with two attached hydrogens (primary N) is 1. The van der Waals surface area contributed by atoms with E-state index in [0.717, 1.165) is 38.2 Å². The number of rotatable bonds is 6. The number of halogens is 1. The van der Waals surface area contributed by atoms with Crippen LogP contribution in [0.3, 0.4) is 0 Å². The van der Waals surface area contributed by atoms with Crippen LogP contribution >= 0.6 is 0 Å². The van der Waals surface area contributed by atoms with Gasteiger partial charge in [-0.3, -0.25) is 0 Å². The fourth-order valence-electron chi connectivity index (χ4n) is 2.29. The van der Waals surface area contributed by atoms with E-state index in [4.69, 9.17) is 5.73 Å². The Morgan fingerprint density at radius 1 is 1.30 bits per heavy atom. The Labute approximate surface area is 119 Å². The molecule has 3 N–H and O–H groups in total. The molecule has 0 aromatic heterocycles. The van der Waals surface area contributed by atoms with E-state index in [1.165, 1.54) is 18.9 Å². The van der Waals surface area contributed by atoms with Crippen LogP contribution in [-0.4, -0.2) is 39.5 Å². The first-order valence-electron chi connectivity index (χ1n) is 6.76. The zero-order chi connectivity index (χ0) is 14.6. The largest absolute Gasteiger partial charge is 0.396 e. The minimum Gasteiger partial charge on any atom is -0.396 e. The Balaban J connectivity index is 1.85. The van der Waals surface area contributed by atoms with Gasteiger partial charge in [0.2, 0.25) is 10.0 Å². The Kier molecular flexibility index (Phi) is 4.95. The standard InChI is InChI=1S/C13H20FN3O2S/c14-12-5-4-11(10-13(12)15)20(18,19)16-6-3-9-17-7-1-2-8-17/h4-5,10,16H,1-3,6-9,15H2. The van der Waals surface area contributed by atoms with Gasteiger partial charge in [0.05, 0.1) is 10.6 Å². The maximum absolute atomic E-state index is 13.0. The van der Waals surface area contributed by atoms with Gasteiger partial charge in [-0.1, -0.05) is 0 Å². The first kappa shape index (κ1) is 15.2. The van der Waals surface area contributed by atoms with Gasteiger partial charge in [0, 0.05) is 6.54 Å². The molecule has 1 aliphatic rings. The molecule has 2 rings (SSSR count). The van der Waals surface area contributed by atoms with Crippen molar-refractivity contribution in [2.75, 3.05) is 31.9 Å². The predicted octanol–water partition coefficient (Wildman–Crippen LogP) is 1.17. The van der Waals surface area contributed by atoms with E-state index in [9.17, 15) is 12.8 Å². The summed E-state index contributed by atoms with van der Waals surface area (Å²) in [5.74, 6) is -0.613. The highest BCUT2D eigenvalue weighted by Gasteiger charge is 2.16. The van der Waals surface area contributed by atoms with Crippen LogP contribution in [0.5, 0.6) is 0 Å². The third-order valence-corrected chi connectivity index (χ3v) is 4.88. The molecule has 0 aliphatic carbocycles. The van der Waals surface area contributed by atoms with Crippen LogP contribution in [0, 0.1) is 5.82 Å². The van der Waals surface area contributed by atoms with E-state index in [1.54, 1.807) is 0 Å². The molecule has 7 heteroatoms. The molecule has 1 aliphatic heterocycles. The van der Waals surface area contributed by atoms with E-state index in [1.807, 2.05) is 0 Å². The Bertz CT molecular complexity index is 557. The van der Waals surface area contributed by atoms with E-state index in [0.29, 0.717) is 6.54 Å². The van der Waals surface area contributed by atoms with Crippen LogP contribution in [0.1, 0.15) is 19.3 Å². The smallest absolute Gasteiger partial charge is 0.240 e. The zero-order valence-corrected chi connectivity index (χ0v) is 12.1. The molecule has 0 atom stereocenters. The number of sulfonamides is 1. The molecule has 1 aromatic carbocycles. The van der Waals surface area contributed by atoms with Crippen LogP contribution in [0.25, 0.3) is 0 Å². The lowest BCUT2D eigenvalue weighted by Crippen LogP contribution is -2.28. The van der Waals surface area contributed by atoms with Gasteiger partial charge in [-0.05, 0) is 57.1 Å². The quantitative estimate of drug-likeness (QED) is 0.611. The fraction of sp³-hybridized carbons (Fsp3) is 0.538. The van der Waals surface area contributed by atoms with Crippen LogP contribution < -0.4 is 10.5 Å². The van der Waals surface area contributed by atoms with Crippen LogP contribution in [0.4, 0.5) is 10.1 Å². The maximum atomic E-state index is 13.0. The average Bonchev–Trinajstić information content (AvgIpc) is 2.91. The van der Waals surface area contributed by atoms with Crippen LogP contribution in [0.2, 0.25) is 0 Å². The van der Waals surface area contributed by atoms with Gasteiger partial charge in [-0.25, -0.2) is 17.5 Å². The molecule has 1 heterocycles. The minimum absolute atomic E-state index is 0.00225. The molecule has 0 saturated carbocycles. The average molecular weight is 301 g/mol. The lowest BCUT2D eigenvalue weighted by atomic mass is 10.3. The number of anilines is 1. The van der Waals surface area contributed by atoms with Gasteiger partial charge in [0.15, 0.2) is 0 Å². The third kappa shape index (κ3) is 3.91. The predicted molar refractivity (Wildman–Crippen MR) is 76.3 cm³/mol. The van der Waals surface area contributed by atoms with Crippen molar-refractivity contribution in [2.45, 2.75) is 24.2 Å². The summed E-state index contributed by atoms with van der Waals surface area (Å²) in [5.41, 5.74) is 5.22. The number of nitrogens with one attached hydrogen (secondary N) is 1. The molecule has 1 saturated heterocycles. The Morgan fingerprint density at radius 3 is 2.65 bits per heavy atom. The van der Waals surface area contributed by atoms with Crippen molar-refractivity contribution in [1.82, 2.24) is 9.62 Å². The fourth-order valence-corrected chi connectivity index (χ4v) is 3.40. The summed E-state index contributed by atoms with van der Waals surface area (Å²) in [5, 5.41) is 0. The summed E-state index contributed by atoms with van der Waals surface area (Å²) in [6, 6.07) is 3.42. The maximum Gasteiger partial charge on any atom is 0.240 e. The second-order valence-corrected chi connectivity index (χ2v) is 6.75. The molecule has 0 spiro atoms. The first-order valence-corrected chi connectivity index (χ1v) is 8.24. The number of hydrogen-bond acceptors (Lipinski definition) is 4. The van der Waals surface area contributed by atoms with Crippen molar-refractivity contribution >= 4 is 15.7 Å². The molecule has 0 radical (unpaired) electrons. The van der Waals surface area contributed by atoms with E-state index in [2.05, 4.69) is 9.62 Å². The first-order chi connectivity index (χ1) is 9.49. The molecule has 1 fully saturated rings. The number of benzene rings is 1. The summed E-state index contributed by atoms with van der Waals surface area (Å²) in [6.07, 6.45) is 3.21. The summed E-state index contributed by atoms with van der Waals surface area (Å²) in [4.78, 5) is 2.32. The number of nitrogens with zero attached hydrogens (tertiary/aromatic N) is 1. The zero-order valence-electron chi connectivity index (χ0n) is 11.3. The number of nitrogen functional groups attached to an aromatic ring is 1. The highest BCUT2D eigenvalue weighted by molar-refractivity contribution is 7.89. The number of hydrogen-bond donors (Lipinski definition) is 2. The van der Waals surface area contributed by atoms with Crippen molar-refractivity contribution in [3.8, 4) is 0 Å². The summed E-state index contributed by atoms with van der Waals surface area (Å²) >= 11 is 0. The second kappa shape index (κ2) is 6.51. The van der Waals surface area contributed by atoms with Crippen LogP contribution in [0.15, 0.2) is 23.1 Å². The van der Waals surface area contributed by atoms with Crippen molar-refractivity contribution in [2.24, 2.45) is 0 Å². The molecular formula is C13H20FN3O2S. The molecule has 0 amide bonds. The van der Waals surface area contributed by atoms with Crippen molar-refractivity contribution in [3.05, 3.63) is 24.0 Å². The van der Waals surface area contributed by atoms with Gasteiger partial charge in [0.25, 0.3) is 0 Å². The third-order valence-electron chi connectivity index (χ3n) is 3.42. The number of likely N-dealkylation sites (tertiary alicyclic amines) is 1. The van der Waals surface area contributed by atoms with E-state index >= 15 is 0 Å². The highest BCUT2D eigenvalue weighted by Crippen LogP contribution is 2.16. The van der Waals surface area contributed by atoms with Crippen molar-refractivity contribution < 1.29 is 12.8 Å². The molecule has 5 nitrogen and oxygen atoms in total. The van der Waals surface area contributed by atoms with Gasteiger partial charge < -0.3 is 10.6 Å². The monoisotopic (exact) mass is 301 g/mol. The minimum atomic E-state index is -3.61. The molecule has 112 valence electrons. The van der Waals surface area contributed by atoms with Crippen molar-refractivity contribution in [1.29, 1.82) is 0 Å². The highest BCUT2D eigenvalue weighted by atomic mass is 32.2. The van der Waals surface area contributed by atoms with Gasteiger partial charge in [-0.15, -0.1) is 0 Å². The van der Waals surface area contributed by atoms with Crippen molar-refractivity contribution in [3.63, 3.8) is 0 Å². The Morgan fingerprint density at radius 2 is 2.00 bits per heavy atom. The molecule has 0 bridgehead atoms. The second-order valence-electron chi connectivity index (χ2n) is 4.98. The molecule has 0 unspecified atom stereocenters. The van der Waals surface area contributed by atoms with Gasteiger partial charge in [-0.2, -0.15) is 0 Å². The van der Waals surface area contributed by atoms with E-state index in [-0.39, 0.29) is 10.6 Å². The topological polar surface area (TPSA) is 75.4 Å². The summed E-state index contributed by atoms with van der Waals surface area (Å²) < 4.78 is 39.5. The molecule has 20 heavy (non-hydrogen) atoms. The van der Waals surface area contributed by atoms with E-state index < -0.39 is 15.8 Å². The molecule has 1 aromatic rings. The Hall–Kier alpha value is -1.18. The lowest BCUT2D eigenvalue weighted by Gasteiger charge is -2.14. The summed E-state index contributed by atoms with van der Waals surface area (Å²) in [6.45, 7) is 3.46. The van der Waals surface area contributed by atoms with Crippen LogP contribution in [-0.2, 0) is 10.0 Å².